The molecule has 0 aliphatic rings. The van der Waals surface area contributed by atoms with Gasteiger partial charge < -0.3 is 4.55 Å². The van der Waals surface area contributed by atoms with Crippen molar-refractivity contribution in [2.75, 3.05) is 0 Å². The molecule has 0 bridgehead atoms. The van der Waals surface area contributed by atoms with Crippen LogP contribution in [0.4, 0.5) is 13.2 Å². The molecule has 0 spiro atoms. The average Bonchev–Trinajstić information content (AvgIpc) is 2.36. The molecule has 1 rings (SSSR count). The lowest BCUT2D eigenvalue weighted by Gasteiger charge is -2.26. The first-order valence-electron chi connectivity index (χ1n) is 6.33. The van der Waals surface area contributed by atoms with E-state index < -0.39 is 28.7 Å². The Bertz CT molecular complexity index is 419. The summed E-state index contributed by atoms with van der Waals surface area (Å²) in [4.78, 5) is 0. The van der Waals surface area contributed by atoms with Crippen molar-refractivity contribution in [3.8, 4) is 0 Å². The van der Waals surface area contributed by atoms with Gasteiger partial charge in [-0.1, -0.05) is 24.3 Å². The molecule has 0 aliphatic heterocycles. The molecule has 3 atom stereocenters. The van der Waals surface area contributed by atoms with Crippen molar-refractivity contribution in [2.45, 2.75) is 51.1 Å². The monoisotopic (exact) mass is 307 g/mol. The zero-order valence-corrected chi connectivity index (χ0v) is 12.8. The molecule has 0 heterocycles. The molecule has 0 aromatic heterocycles. The first kappa shape index (κ1) is 17.3. The number of alkyl halides is 3. The Kier molecular flexibility index (Phi) is 5.91. The predicted molar refractivity (Wildman–Crippen MR) is 75.7 cm³/mol. The number of rotatable bonds is 5. The summed E-state index contributed by atoms with van der Waals surface area (Å²) in [5.41, 5.74) is 0.723. The van der Waals surface area contributed by atoms with Crippen LogP contribution in [0.2, 0.25) is 0 Å². The number of benzene rings is 1. The van der Waals surface area contributed by atoms with E-state index in [-0.39, 0.29) is 11.6 Å². The van der Waals surface area contributed by atoms with Crippen molar-refractivity contribution in [1.82, 2.24) is 4.72 Å². The maximum absolute atomic E-state index is 13.1. The van der Waals surface area contributed by atoms with Gasteiger partial charge in [0.25, 0.3) is 6.43 Å². The summed E-state index contributed by atoms with van der Waals surface area (Å²) < 4.78 is 52.1. The molecule has 0 saturated heterocycles. The number of halogens is 3. The lowest BCUT2D eigenvalue weighted by molar-refractivity contribution is 0.0495. The summed E-state index contributed by atoms with van der Waals surface area (Å²) >= 11 is -1.23. The van der Waals surface area contributed by atoms with Crippen LogP contribution < -0.4 is 4.72 Å². The van der Waals surface area contributed by atoms with E-state index in [0.29, 0.717) is 0 Å². The highest BCUT2D eigenvalue weighted by atomic mass is 32.2. The van der Waals surface area contributed by atoms with E-state index in [1.165, 1.54) is 12.1 Å². The predicted octanol–water partition coefficient (Wildman–Crippen LogP) is 4.08. The third-order valence-electron chi connectivity index (χ3n) is 2.82. The van der Waals surface area contributed by atoms with Gasteiger partial charge in [-0.25, -0.2) is 13.2 Å². The van der Waals surface area contributed by atoms with Gasteiger partial charge in [-0.3, -0.25) is 0 Å². The Morgan fingerprint density at radius 1 is 1.05 bits per heavy atom. The normalized spacial score (nSPS) is 17.1. The smallest absolute Gasteiger partial charge is 0.273 e. The lowest BCUT2D eigenvalue weighted by Crippen LogP contribution is -2.40. The fraction of sp³-hybridized carbons (Fsp3) is 0.571. The van der Waals surface area contributed by atoms with E-state index in [0.717, 1.165) is 5.56 Å². The highest BCUT2D eigenvalue weighted by molar-refractivity contribution is 7.90. The molecule has 1 aromatic carbocycles. The summed E-state index contributed by atoms with van der Waals surface area (Å²) in [6.45, 7) is 7.37. The minimum absolute atomic E-state index is 0.0482. The summed E-state index contributed by atoms with van der Waals surface area (Å²) in [5.74, 6) is 0. The Morgan fingerprint density at radius 2 is 1.50 bits per heavy atom. The van der Waals surface area contributed by atoms with E-state index in [4.69, 9.17) is 0 Å². The van der Waals surface area contributed by atoms with Gasteiger partial charge in [0.2, 0.25) is 0 Å². The van der Waals surface area contributed by atoms with Crippen molar-refractivity contribution in [3.05, 3.63) is 35.4 Å². The van der Waals surface area contributed by atoms with E-state index in [2.05, 4.69) is 4.72 Å². The van der Waals surface area contributed by atoms with Crippen LogP contribution in [0.5, 0.6) is 0 Å². The molecule has 2 nitrogen and oxygen atoms in total. The van der Waals surface area contributed by atoms with Crippen LogP contribution in [0.1, 0.15) is 51.0 Å². The van der Waals surface area contributed by atoms with Gasteiger partial charge in [0, 0.05) is 11.4 Å². The molecular formula is C14H20F3NOS. The number of hydrogen-bond donors (Lipinski definition) is 1. The highest BCUT2D eigenvalue weighted by Gasteiger charge is 2.28. The second-order valence-corrected chi connectivity index (χ2v) is 7.62. The molecular weight excluding hydrogens is 287 g/mol. The summed E-state index contributed by atoms with van der Waals surface area (Å²) in [6.07, 6.45) is -5.29. The van der Waals surface area contributed by atoms with Gasteiger partial charge in [-0.2, -0.15) is 0 Å². The molecule has 0 fully saturated rings. The van der Waals surface area contributed by atoms with Crippen molar-refractivity contribution in [2.24, 2.45) is 0 Å². The van der Waals surface area contributed by atoms with Crippen LogP contribution in [0.3, 0.4) is 0 Å². The van der Waals surface area contributed by atoms with Gasteiger partial charge in [0.1, 0.15) is 4.75 Å². The maximum Gasteiger partial charge on any atom is 0.273 e. The van der Waals surface area contributed by atoms with Crippen molar-refractivity contribution in [1.29, 1.82) is 0 Å². The topological polar surface area (TPSA) is 35.1 Å². The Labute approximate surface area is 121 Å². The standard InChI is InChI=1S/C14H20F3NOS/c1-9(18-20(19)14(2,3)4)10-5-7-11(8-6-10)12(15)13(16)17/h5-9,12-13,18H,1-4H3/t9-,12?,20+/m0/s1. The van der Waals surface area contributed by atoms with Crippen LogP contribution in [0, 0.1) is 0 Å². The van der Waals surface area contributed by atoms with Gasteiger partial charge in [0.05, 0.1) is 6.04 Å². The fourth-order valence-corrected chi connectivity index (χ4v) is 2.33. The average molecular weight is 307 g/mol. The maximum atomic E-state index is 13.1. The molecule has 1 aromatic rings. The molecule has 0 radical (unpaired) electrons. The highest BCUT2D eigenvalue weighted by Crippen LogP contribution is 2.26. The third kappa shape index (κ3) is 4.68. The van der Waals surface area contributed by atoms with Crippen LogP contribution in [0.15, 0.2) is 24.3 Å². The summed E-state index contributed by atoms with van der Waals surface area (Å²) in [5, 5.41) is 0. The third-order valence-corrected chi connectivity index (χ3v) is 4.50. The van der Waals surface area contributed by atoms with Crippen LogP contribution in [0.25, 0.3) is 0 Å². The van der Waals surface area contributed by atoms with Gasteiger partial charge in [-0.05, 0) is 38.8 Å². The summed E-state index contributed by atoms with van der Waals surface area (Å²) in [7, 11) is 0. The van der Waals surface area contributed by atoms with Crippen molar-refractivity contribution in [3.63, 3.8) is 0 Å². The van der Waals surface area contributed by atoms with E-state index in [1.807, 2.05) is 27.7 Å². The van der Waals surface area contributed by atoms with Crippen LogP contribution in [-0.2, 0) is 11.4 Å². The minimum atomic E-state index is -3.02. The molecule has 0 amide bonds. The Balaban J connectivity index is 2.73. The van der Waals surface area contributed by atoms with Gasteiger partial charge in [0.15, 0.2) is 6.17 Å². The first-order chi connectivity index (χ1) is 9.12. The SMILES string of the molecule is C[C@H](N[S@+]([O-])C(C)(C)C)c1ccc(C(F)C(F)F)cc1. The van der Waals surface area contributed by atoms with Gasteiger partial charge >= 0.3 is 0 Å². The number of hydrogen-bond acceptors (Lipinski definition) is 2. The van der Waals surface area contributed by atoms with Crippen LogP contribution >= 0.6 is 0 Å². The minimum Gasteiger partial charge on any atom is -0.598 e. The van der Waals surface area contributed by atoms with Crippen molar-refractivity contribution < 1.29 is 17.7 Å². The summed E-state index contributed by atoms with van der Waals surface area (Å²) in [6, 6.07) is 5.60. The zero-order valence-electron chi connectivity index (χ0n) is 12.0. The van der Waals surface area contributed by atoms with Gasteiger partial charge in [-0.15, -0.1) is 4.72 Å². The molecule has 114 valence electrons. The molecule has 1 N–H and O–H groups in total. The Morgan fingerprint density at radius 3 is 1.90 bits per heavy atom. The molecule has 6 heteroatoms. The molecule has 0 saturated carbocycles. The second kappa shape index (κ2) is 6.83. The van der Waals surface area contributed by atoms with E-state index >= 15 is 0 Å². The largest absolute Gasteiger partial charge is 0.598 e. The molecule has 20 heavy (non-hydrogen) atoms. The Hall–Kier alpha value is -0.720. The number of nitrogens with one attached hydrogen (secondary N) is 1. The quantitative estimate of drug-likeness (QED) is 0.832. The van der Waals surface area contributed by atoms with Crippen LogP contribution in [-0.4, -0.2) is 15.7 Å². The zero-order chi connectivity index (χ0) is 15.5. The lowest BCUT2D eigenvalue weighted by atomic mass is 10.0. The van der Waals surface area contributed by atoms with E-state index in [1.54, 1.807) is 12.1 Å². The molecule has 1 unspecified atom stereocenters. The van der Waals surface area contributed by atoms with E-state index in [9.17, 15) is 17.7 Å². The molecule has 0 aliphatic carbocycles. The second-order valence-electron chi connectivity index (χ2n) is 5.62. The van der Waals surface area contributed by atoms with Crippen molar-refractivity contribution >= 4 is 11.4 Å². The first-order valence-corrected chi connectivity index (χ1v) is 7.48. The fourth-order valence-electron chi connectivity index (χ4n) is 1.52.